The Morgan fingerprint density at radius 3 is 2.44 bits per heavy atom. The molecule has 0 aromatic heterocycles. The maximum Gasteiger partial charge on any atom is 0.194 e. The van der Waals surface area contributed by atoms with Crippen molar-refractivity contribution in [1.82, 2.24) is 5.32 Å². The first-order chi connectivity index (χ1) is 12.3. The molecule has 4 rings (SSSR count). The smallest absolute Gasteiger partial charge is 0.194 e. The van der Waals surface area contributed by atoms with Gasteiger partial charge in [0.25, 0.3) is 0 Å². The average Bonchev–Trinajstić information content (AvgIpc) is 2.96. The molecule has 0 bridgehead atoms. The zero-order chi connectivity index (χ0) is 17.2. The first-order valence-corrected chi connectivity index (χ1v) is 9.01. The minimum absolute atomic E-state index is 0.0447. The number of nitrogens with one attached hydrogen (secondary N) is 1. The molecule has 2 aliphatic rings. The highest BCUT2D eigenvalue weighted by Gasteiger charge is 2.32. The van der Waals surface area contributed by atoms with Crippen molar-refractivity contribution in [2.24, 2.45) is 0 Å². The summed E-state index contributed by atoms with van der Waals surface area (Å²) in [6, 6.07) is 11.9. The number of rotatable bonds is 5. The number of carbonyl (C=O) groups is 1. The molecule has 1 saturated heterocycles. The summed E-state index contributed by atoms with van der Waals surface area (Å²) in [5.41, 5.74) is 3.13. The third-order valence-corrected chi connectivity index (χ3v) is 5.15. The zero-order valence-corrected chi connectivity index (χ0v) is 14.5. The highest BCUT2D eigenvalue weighted by Crippen LogP contribution is 2.47. The van der Waals surface area contributed by atoms with Gasteiger partial charge in [0, 0.05) is 28.3 Å². The van der Waals surface area contributed by atoms with Crippen molar-refractivity contribution < 1.29 is 14.3 Å². The molecule has 1 heterocycles. The third kappa shape index (κ3) is 2.91. The molecule has 1 aliphatic carbocycles. The molecule has 0 amide bonds. The van der Waals surface area contributed by atoms with Gasteiger partial charge >= 0.3 is 0 Å². The molecular weight excluding hydrogens is 314 g/mol. The summed E-state index contributed by atoms with van der Waals surface area (Å²) < 4.78 is 11.6. The molecule has 0 spiro atoms. The topological polar surface area (TPSA) is 47.6 Å². The highest BCUT2D eigenvalue weighted by molar-refractivity contribution is 6.23. The Kier molecular flexibility index (Phi) is 4.45. The van der Waals surface area contributed by atoms with Gasteiger partial charge in [-0.15, -0.1) is 0 Å². The summed E-state index contributed by atoms with van der Waals surface area (Å²) in [6.07, 6.45) is 4.75. The largest absolute Gasteiger partial charge is 0.496 e. The molecule has 25 heavy (non-hydrogen) atoms. The molecule has 4 nitrogen and oxygen atoms in total. The number of piperidine rings is 1. The standard InChI is InChI=1S/C21H23NO3/c1-24-17-9-4-7-15-19(17)20-16(21(15)23)8-5-10-18(20)25-13-11-14-6-2-3-12-22-14/h4-5,7-10,14,22H,2-3,6,11-13H2,1H3. The first kappa shape index (κ1) is 16.2. The summed E-state index contributed by atoms with van der Waals surface area (Å²) in [5.74, 6) is 1.53. The van der Waals surface area contributed by atoms with Gasteiger partial charge in [0.15, 0.2) is 5.78 Å². The number of hydrogen-bond acceptors (Lipinski definition) is 4. The maximum atomic E-state index is 12.7. The summed E-state index contributed by atoms with van der Waals surface area (Å²) in [7, 11) is 1.64. The first-order valence-electron chi connectivity index (χ1n) is 9.01. The van der Waals surface area contributed by atoms with Crippen LogP contribution in [-0.2, 0) is 0 Å². The van der Waals surface area contributed by atoms with E-state index in [1.165, 1.54) is 19.3 Å². The van der Waals surface area contributed by atoms with E-state index < -0.39 is 0 Å². The lowest BCUT2D eigenvalue weighted by molar-refractivity contribution is 0.104. The van der Waals surface area contributed by atoms with Gasteiger partial charge in [-0.05, 0) is 37.9 Å². The van der Waals surface area contributed by atoms with Crippen LogP contribution in [-0.4, -0.2) is 32.1 Å². The minimum atomic E-state index is 0.0447. The lowest BCUT2D eigenvalue weighted by Gasteiger charge is -2.23. The van der Waals surface area contributed by atoms with E-state index in [0.29, 0.717) is 23.8 Å². The van der Waals surface area contributed by atoms with E-state index in [9.17, 15) is 4.79 Å². The van der Waals surface area contributed by atoms with Gasteiger partial charge in [-0.25, -0.2) is 0 Å². The molecule has 2 aromatic carbocycles. The van der Waals surface area contributed by atoms with Crippen LogP contribution >= 0.6 is 0 Å². The number of hydrogen-bond donors (Lipinski definition) is 1. The SMILES string of the molecule is COc1cccc2c1-c1c(OCCC3CCCCN3)cccc1C2=O. The normalized spacial score (nSPS) is 18.6. The van der Waals surface area contributed by atoms with Crippen molar-refractivity contribution in [3.63, 3.8) is 0 Å². The number of ether oxygens (including phenoxy) is 2. The second kappa shape index (κ2) is 6.89. The Morgan fingerprint density at radius 2 is 1.76 bits per heavy atom. The van der Waals surface area contributed by atoms with E-state index in [1.54, 1.807) is 7.11 Å². The van der Waals surface area contributed by atoms with Crippen molar-refractivity contribution in [3.8, 4) is 22.6 Å². The van der Waals surface area contributed by atoms with Gasteiger partial charge in [-0.1, -0.05) is 30.7 Å². The van der Waals surface area contributed by atoms with Crippen LogP contribution in [0.15, 0.2) is 36.4 Å². The maximum absolute atomic E-state index is 12.7. The summed E-state index contributed by atoms with van der Waals surface area (Å²) >= 11 is 0. The summed E-state index contributed by atoms with van der Waals surface area (Å²) in [4.78, 5) is 12.7. The van der Waals surface area contributed by atoms with Crippen molar-refractivity contribution >= 4 is 5.78 Å². The Morgan fingerprint density at radius 1 is 1.04 bits per heavy atom. The monoisotopic (exact) mass is 337 g/mol. The predicted molar refractivity (Wildman–Crippen MR) is 97.6 cm³/mol. The molecule has 0 radical (unpaired) electrons. The Bertz CT molecular complexity index is 794. The van der Waals surface area contributed by atoms with E-state index >= 15 is 0 Å². The molecule has 0 saturated carbocycles. The van der Waals surface area contributed by atoms with E-state index in [2.05, 4.69) is 5.32 Å². The van der Waals surface area contributed by atoms with E-state index in [4.69, 9.17) is 9.47 Å². The van der Waals surface area contributed by atoms with Crippen molar-refractivity contribution in [1.29, 1.82) is 0 Å². The van der Waals surface area contributed by atoms with Gasteiger partial charge in [-0.2, -0.15) is 0 Å². The lowest BCUT2D eigenvalue weighted by Crippen LogP contribution is -2.35. The van der Waals surface area contributed by atoms with Gasteiger partial charge in [0.05, 0.1) is 13.7 Å². The van der Waals surface area contributed by atoms with Crippen LogP contribution in [0.3, 0.4) is 0 Å². The third-order valence-electron chi connectivity index (χ3n) is 5.15. The van der Waals surface area contributed by atoms with Crippen LogP contribution < -0.4 is 14.8 Å². The molecule has 4 heteroatoms. The van der Waals surface area contributed by atoms with Crippen LogP contribution in [0.1, 0.15) is 41.6 Å². The average molecular weight is 337 g/mol. The second-order valence-electron chi connectivity index (χ2n) is 6.67. The van der Waals surface area contributed by atoms with Crippen molar-refractivity contribution in [2.45, 2.75) is 31.7 Å². The van der Waals surface area contributed by atoms with Gasteiger partial charge in [0.2, 0.25) is 0 Å². The second-order valence-corrected chi connectivity index (χ2v) is 6.67. The van der Waals surface area contributed by atoms with Crippen LogP contribution in [0.2, 0.25) is 0 Å². The number of carbonyl (C=O) groups excluding carboxylic acids is 1. The fourth-order valence-corrected chi connectivity index (χ4v) is 3.87. The summed E-state index contributed by atoms with van der Waals surface area (Å²) in [6.45, 7) is 1.75. The Labute approximate surface area is 148 Å². The quantitative estimate of drug-likeness (QED) is 0.769. The Hall–Kier alpha value is -2.33. The summed E-state index contributed by atoms with van der Waals surface area (Å²) in [5, 5.41) is 3.54. The molecule has 1 fully saturated rings. The van der Waals surface area contributed by atoms with Gasteiger partial charge in [0.1, 0.15) is 11.5 Å². The fraction of sp³-hybridized carbons (Fsp3) is 0.381. The van der Waals surface area contributed by atoms with Crippen LogP contribution in [0, 0.1) is 0 Å². The zero-order valence-electron chi connectivity index (χ0n) is 14.5. The highest BCUT2D eigenvalue weighted by atomic mass is 16.5. The molecule has 1 atom stereocenters. The predicted octanol–water partition coefficient (Wildman–Crippen LogP) is 3.82. The van der Waals surface area contributed by atoms with E-state index in [1.807, 2.05) is 36.4 Å². The van der Waals surface area contributed by atoms with E-state index in [-0.39, 0.29) is 5.78 Å². The number of ketones is 1. The van der Waals surface area contributed by atoms with Crippen LogP contribution in [0.4, 0.5) is 0 Å². The molecule has 1 unspecified atom stereocenters. The lowest BCUT2D eigenvalue weighted by atomic mass is 10.0. The molecule has 2 aromatic rings. The molecule has 1 N–H and O–H groups in total. The van der Waals surface area contributed by atoms with Gasteiger partial charge < -0.3 is 14.8 Å². The van der Waals surface area contributed by atoms with Crippen molar-refractivity contribution in [2.75, 3.05) is 20.3 Å². The van der Waals surface area contributed by atoms with E-state index in [0.717, 1.165) is 35.6 Å². The number of benzene rings is 2. The fourth-order valence-electron chi connectivity index (χ4n) is 3.87. The molecule has 1 aliphatic heterocycles. The molecular formula is C21H23NO3. The number of methoxy groups -OCH3 is 1. The van der Waals surface area contributed by atoms with Gasteiger partial charge in [-0.3, -0.25) is 4.79 Å². The van der Waals surface area contributed by atoms with Crippen molar-refractivity contribution in [3.05, 3.63) is 47.5 Å². The van der Waals surface area contributed by atoms with Crippen LogP contribution in [0.25, 0.3) is 11.1 Å². The number of fused-ring (bicyclic) bond motifs is 3. The Balaban J connectivity index is 1.60. The molecule has 130 valence electrons. The van der Waals surface area contributed by atoms with Crippen LogP contribution in [0.5, 0.6) is 11.5 Å². The minimum Gasteiger partial charge on any atom is -0.496 e.